The van der Waals surface area contributed by atoms with Crippen molar-refractivity contribution >= 4 is 17.5 Å². The number of fused-ring (bicyclic) bond motifs is 2. The highest BCUT2D eigenvalue weighted by atomic mass is 16.3. The van der Waals surface area contributed by atoms with E-state index in [0.29, 0.717) is 11.1 Å². The van der Waals surface area contributed by atoms with Crippen molar-refractivity contribution in [3.63, 3.8) is 0 Å². The van der Waals surface area contributed by atoms with Crippen molar-refractivity contribution < 1.29 is 19.8 Å². The summed E-state index contributed by atoms with van der Waals surface area (Å²) in [6, 6.07) is 2.72. The zero-order valence-corrected chi connectivity index (χ0v) is 13.4. The highest BCUT2D eigenvalue weighted by Crippen LogP contribution is 2.37. The molecule has 1 aromatic rings. The van der Waals surface area contributed by atoms with Crippen LogP contribution in [0.5, 0.6) is 5.75 Å². The van der Waals surface area contributed by atoms with E-state index < -0.39 is 12.3 Å². The van der Waals surface area contributed by atoms with Crippen LogP contribution < -0.4 is 10.6 Å². The number of phenolic OH excluding ortho intramolecular Hbond substituents is 1. The summed E-state index contributed by atoms with van der Waals surface area (Å²) >= 11 is 0. The number of hydrogen-bond donors (Lipinski definition) is 4. The van der Waals surface area contributed by atoms with Crippen molar-refractivity contribution in [1.29, 1.82) is 0 Å². The monoisotopic (exact) mass is 329 g/mol. The molecule has 0 unspecified atom stereocenters. The third kappa shape index (κ3) is 2.63. The number of nitrogens with one attached hydrogen (secondary N) is 2. The molecule has 0 spiro atoms. The van der Waals surface area contributed by atoms with Crippen LogP contribution >= 0.6 is 0 Å². The predicted octanol–water partition coefficient (Wildman–Crippen LogP) is 0.498. The van der Waals surface area contributed by atoms with E-state index >= 15 is 0 Å². The first-order chi connectivity index (χ1) is 11.4. The van der Waals surface area contributed by atoms with Crippen LogP contribution in [0.3, 0.4) is 0 Å². The van der Waals surface area contributed by atoms with Crippen LogP contribution in [0.25, 0.3) is 0 Å². The standard InChI is InChI=1S/C17H19N3O4/c1-9-3-5-11-14(15(9)22)19-16(23)12-7-10(4-6-13(21)18-2)8-20(12)17(11)24/h3-7,12,16,19,22-23H,8H2,1-2H3,(H,18,21)/b6-4-/t12-,16+/m1/s1. The molecule has 2 aliphatic heterocycles. The molecule has 2 atom stereocenters. The number of carbonyl (C=O) groups excluding carboxylic acids is 2. The van der Waals surface area contributed by atoms with Crippen molar-refractivity contribution in [1.82, 2.24) is 10.2 Å². The Labute approximate surface area is 139 Å². The molecule has 2 amide bonds. The second-order valence-corrected chi connectivity index (χ2v) is 5.86. The number of aryl methyl sites for hydroxylation is 1. The smallest absolute Gasteiger partial charge is 0.257 e. The van der Waals surface area contributed by atoms with Crippen molar-refractivity contribution in [2.24, 2.45) is 0 Å². The normalized spacial score (nSPS) is 22.5. The molecule has 7 heteroatoms. The number of aromatic hydroxyl groups is 1. The number of rotatable bonds is 2. The molecule has 0 saturated heterocycles. The Balaban J connectivity index is 1.93. The largest absolute Gasteiger partial charge is 0.505 e. The summed E-state index contributed by atoms with van der Waals surface area (Å²) in [5, 5.41) is 25.9. The lowest BCUT2D eigenvalue weighted by Gasteiger charge is -2.25. The van der Waals surface area contributed by atoms with Gasteiger partial charge in [-0.05, 0) is 24.1 Å². The van der Waals surface area contributed by atoms with E-state index in [1.165, 1.54) is 18.0 Å². The van der Waals surface area contributed by atoms with Gasteiger partial charge in [0.2, 0.25) is 5.91 Å². The fourth-order valence-electron chi connectivity index (χ4n) is 2.91. The Bertz CT molecular complexity index is 769. The first kappa shape index (κ1) is 16.1. The first-order valence-corrected chi connectivity index (χ1v) is 7.61. The summed E-state index contributed by atoms with van der Waals surface area (Å²) in [7, 11) is 1.53. The third-order valence-corrected chi connectivity index (χ3v) is 4.28. The molecule has 3 rings (SSSR count). The van der Waals surface area contributed by atoms with Gasteiger partial charge >= 0.3 is 0 Å². The molecule has 0 fully saturated rings. The minimum absolute atomic E-state index is 0.0372. The molecule has 0 bridgehead atoms. The van der Waals surface area contributed by atoms with E-state index in [-0.39, 0.29) is 29.8 Å². The zero-order valence-electron chi connectivity index (χ0n) is 13.4. The van der Waals surface area contributed by atoms with Gasteiger partial charge in [0.15, 0.2) is 0 Å². The molecule has 126 valence electrons. The summed E-state index contributed by atoms with van der Waals surface area (Å²) < 4.78 is 0. The molecule has 2 aliphatic rings. The number of hydrogen-bond acceptors (Lipinski definition) is 5. The van der Waals surface area contributed by atoms with Gasteiger partial charge in [-0.15, -0.1) is 0 Å². The van der Waals surface area contributed by atoms with Gasteiger partial charge in [-0.25, -0.2) is 0 Å². The van der Waals surface area contributed by atoms with Crippen LogP contribution in [0.1, 0.15) is 15.9 Å². The highest BCUT2D eigenvalue weighted by Gasteiger charge is 2.38. The molecule has 4 N–H and O–H groups in total. The van der Waals surface area contributed by atoms with Crippen LogP contribution in [-0.2, 0) is 4.79 Å². The first-order valence-electron chi connectivity index (χ1n) is 7.61. The number of carbonyl (C=O) groups is 2. The van der Waals surface area contributed by atoms with Crippen LogP contribution in [0.15, 0.2) is 35.9 Å². The maximum atomic E-state index is 12.8. The average molecular weight is 329 g/mol. The minimum atomic E-state index is -1.06. The lowest BCUT2D eigenvalue weighted by molar-refractivity contribution is -0.116. The van der Waals surface area contributed by atoms with Crippen molar-refractivity contribution in [3.8, 4) is 5.75 Å². The molecule has 1 aromatic carbocycles. The molecule has 0 aromatic heterocycles. The van der Waals surface area contributed by atoms with Crippen LogP contribution in [0, 0.1) is 6.92 Å². The number of phenols is 1. The second kappa shape index (κ2) is 6.01. The SMILES string of the molecule is CNC(=O)/C=C\C1=C[C@@H]2[C@H](O)Nc3c(ccc(C)c3O)C(=O)N2C1. The van der Waals surface area contributed by atoms with Gasteiger partial charge in [0, 0.05) is 19.7 Å². The average Bonchev–Trinajstić information content (AvgIpc) is 2.97. The Morgan fingerprint density at radius 1 is 1.46 bits per heavy atom. The van der Waals surface area contributed by atoms with Crippen LogP contribution in [-0.4, -0.2) is 52.8 Å². The van der Waals surface area contributed by atoms with Gasteiger partial charge in [0.1, 0.15) is 12.0 Å². The number of nitrogens with zero attached hydrogens (tertiary/aromatic N) is 1. The van der Waals surface area contributed by atoms with E-state index in [4.69, 9.17) is 0 Å². The minimum Gasteiger partial charge on any atom is -0.505 e. The highest BCUT2D eigenvalue weighted by molar-refractivity contribution is 6.02. The number of amides is 2. The Morgan fingerprint density at radius 2 is 2.21 bits per heavy atom. The lowest BCUT2D eigenvalue weighted by atomic mass is 10.1. The van der Waals surface area contributed by atoms with Crippen LogP contribution in [0.2, 0.25) is 0 Å². The fraction of sp³-hybridized carbons (Fsp3) is 0.294. The molecule has 2 heterocycles. The Hall–Kier alpha value is -2.80. The Kier molecular flexibility index (Phi) is 4.02. The number of aliphatic hydroxyl groups excluding tert-OH is 1. The van der Waals surface area contributed by atoms with Gasteiger partial charge in [0.25, 0.3) is 5.91 Å². The summed E-state index contributed by atoms with van der Waals surface area (Å²) in [4.78, 5) is 25.6. The maximum Gasteiger partial charge on any atom is 0.257 e. The molecular formula is C17H19N3O4. The van der Waals surface area contributed by atoms with E-state index in [0.717, 1.165) is 5.57 Å². The van der Waals surface area contributed by atoms with Crippen molar-refractivity contribution in [2.45, 2.75) is 19.2 Å². The van der Waals surface area contributed by atoms with Gasteiger partial charge in [-0.1, -0.05) is 18.2 Å². The van der Waals surface area contributed by atoms with Gasteiger partial charge in [-0.2, -0.15) is 0 Å². The van der Waals surface area contributed by atoms with E-state index in [2.05, 4.69) is 10.6 Å². The molecule has 0 aliphatic carbocycles. The third-order valence-electron chi connectivity index (χ3n) is 4.28. The van der Waals surface area contributed by atoms with Gasteiger partial charge < -0.3 is 25.7 Å². The summed E-state index contributed by atoms with van der Waals surface area (Å²) in [6.45, 7) is 2.01. The topological polar surface area (TPSA) is 102 Å². The molecule has 0 radical (unpaired) electrons. The summed E-state index contributed by atoms with van der Waals surface area (Å²) in [6.07, 6.45) is 3.69. The predicted molar refractivity (Wildman–Crippen MR) is 88.6 cm³/mol. The Morgan fingerprint density at radius 3 is 2.92 bits per heavy atom. The van der Waals surface area contributed by atoms with Gasteiger partial charge in [-0.3, -0.25) is 9.59 Å². The van der Waals surface area contributed by atoms with E-state index in [1.807, 2.05) is 0 Å². The number of likely N-dealkylation sites (N-methyl/N-ethyl adjacent to an activating group) is 1. The molecular weight excluding hydrogens is 310 g/mol. The van der Waals surface area contributed by atoms with Crippen molar-refractivity contribution in [3.05, 3.63) is 47.1 Å². The lowest BCUT2D eigenvalue weighted by Crippen LogP contribution is -2.43. The molecule has 0 saturated carbocycles. The molecule has 24 heavy (non-hydrogen) atoms. The van der Waals surface area contributed by atoms with E-state index in [1.54, 1.807) is 31.2 Å². The second-order valence-electron chi connectivity index (χ2n) is 5.86. The number of aliphatic hydroxyl groups is 1. The number of benzene rings is 1. The van der Waals surface area contributed by atoms with Gasteiger partial charge in [0.05, 0.1) is 17.3 Å². The number of anilines is 1. The van der Waals surface area contributed by atoms with Crippen molar-refractivity contribution in [2.75, 3.05) is 18.9 Å². The summed E-state index contributed by atoms with van der Waals surface area (Å²) in [5.74, 6) is -0.563. The molecule has 7 nitrogen and oxygen atoms in total. The zero-order chi connectivity index (χ0) is 17.4. The summed E-state index contributed by atoms with van der Waals surface area (Å²) in [5.41, 5.74) is 1.94. The maximum absolute atomic E-state index is 12.8. The fourth-order valence-corrected chi connectivity index (χ4v) is 2.91. The van der Waals surface area contributed by atoms with Crippen LogP contribution in [0.4, 0.5) is 5.69 Å². The quantitative estimate of drug-likeness (QED) is 0.467. The van der Waals surface area contributed by atoms with E-state index in [9.17, 15) is 19.8 Å².